The van der Waals surface area contributed by atoms with Crippen LogP contribution in [0.15, 0.2) is 0 Å². The molecule has 0 spiro atoms. The second kappa shape index (κ2) is 14.4. The molecule has 17 heteroatoms. The quantitative estimate of drug-likeness (QED) is 0.0951. The van der Waals surface area contributed by atoms with Gasteiger partial charge in [-0.15, -0.1) is 0 Å². The van der Waals surface area contributed by atoms with Crippen LogP contribution in [-0.2, 0) is 29.2 Å². The van der Waals surface area contributed by atoms with E-state index in [4.69, 9.17) is 9.29 Å². The van der Waals surface area contributed by atoms with Crippen molar-refractivity contribution in [1.82, 2.24) is 0 Å². The lowest BCUT2D eigenvalue weighted by molar-refractivity contribution is -0.397. The number of carbonyl (C=O) groups excluding carboxylic acids is 2. The van der Waals surface area contributed by atoms with Gasteiger partial charge in [0.05, 0.1) is 26.1 Å². The van der Waals surface area contributed by atoms with Gasteiger partial charge in [0.25, 0.3) is 10.1 Å². The van der Waals surface area contributed by atoms with Crippen LogP contribution in [0, 0.1) is 0 Å². The highest BCUT2D eigenvalue weighted by Gasteiger charge is 2.81. The summed E-state index contributed by atoms with van der Waals surface area (Å²) in [6.45, 7) is -0.0722. The van der Waals surface area contributed by atoms with E-state index in [0.29, 0.717) is 12.8 Å². The smallest absolute Gasteiger partial charge is 0.460 e. The molecule has 0 aromatic rings. The number of hydrogen-bond acceptors (Lipinski definition) is 6. The number of rotatable bonds is 18. The highest BCUT2D eigenvalue weighted by atomic mass is 32.2. The maximum absolute atomic E-state index is 13.5. The summed E-state index contributed by atoms with van der Waals surface area (Å²) in [5, 5.41) is -2.75. The number of esters is 2. The third-order valence-electron chi connectivity index (χ3n) is 5.11. The lowest BCUT2D eigenvalue weighted by Crippen LogP contribution is -2.61. The Kier molecular flexibility index (Phi) is 13.7. The van der Waals surface area contributed by atoms with E-state index in [1.54, 1.807) is 0 Å². The highest BCUT2D eigenvalue weighted by molar-refractivity contribution is 7.87. The molecular formula is C20H29F9O7S. The Morgan fingerprint density at radius 3 is 1.70 bits per heavy atom. The van der Waals surface area contributed by atoms with Gasteiger partial charge in [-0.05, 0) is 6.42 Å². The zero-order chi connectivity index (χ0) is 29.1. The molecule has 1 N–H and O–H groups in total. The van der Waals surface area contributed by atoms with Crippen LogP contribution in [0.5, 0.6) is 0 Å². The first kappa shape index (κ1) is 35.2. The zero-order valence-electron chi connectivity index (χ0n) is 19.8. The third kappa shape index (κ3) is 10.9. The molecule has 0 bridgehead atoms. The monoisotopic (exact) mass is 584 g/mol. The Hall–Kier alpha value is -1.78. The van der Waals surface area contributed by atoms with Crippen molar-refractivity contribution in [3.05, 3.63) is 0 Å². The molecule has 1 atom stereocenters. The molecule has 0 aromatic carbocycles. The molecule has 0 aliphatic rings. The van der Waals surface area contributed by atoms with Crippen molar-refractivity contribution in [2.24, 2.45) is 0 Å². The van der Waals surface area contributed by atoms with E-state index in [9.17, 15) is 57.5 Å². The van der Waals surface area contributed by atoms with Crippen molar-refractivity contribution in [1.29, 1.82) is 0 Å². The first-order valence-electron chi connectivity index (χ1n) is 11.2. The number of unbranched alkanes of at least 4 members (excludes halogenated alkanes) is 7. The van der Waals surface area contributed by atoms with Crippen LogP contribution in [0.4, 0.5) is 39.5 Å². The maximum atomic E-state index is 13.5. The van der Waals surface area contributed by atoms with Crippen LogP contribution in [0.3, 0.4) is 0 Å². The van der Waals surface area contributed by atoms with E-state index in [1.807, 2.05) is 0 Å². The molecule has 0 aromatic heterocycles. The van der Waals surface area contributed by atoms with Gasteiger partial charge in [0.1, 0.15) is 0 Å². The number of hydrogen-bond donors (Lipinski definition) is 1. The summed E-state index contributed by atoms with van der Waals surface area (Å²) in [6, 6.07) is 0. The van der Waals surface area contributed by atoms with Gasteiger partial charge in [0.2, 0.25) is 0 Å². The molecule has 0 radical (unpaired) electrons. The minimum atomic E-state index is -7.15. The summed E-state index contributed by atoms with van der Waals surface area (Å²) in [7, 11) is -5.43. The molecule has 1 unspecified atom stereocenters. The minimum absolute atomic E-state index is 0.185. The number of ether oxygens (including phenoxy) is 2. The van der Waals surface area contributed by atoms with Crippen LogP contribution in [0.2, 0.25) is 0 Å². The summed E-state index contributed by atoms with van der Waals surface area (Å²) < 4.78 is 156. The van der Waals surface area contributed by atoms with Crippen molar-refractivity contribution >= 4 is 22.1 Å². The van der Waals surface area contributed by atoms with Crippen LogP contribution >= 0.6 is 0 Å². The van der Waals surface area contributed by atoms with Crippen molar-refractivity contribution < 1.29 is 71.5 Å². The van der Waals surface area contributed by atoms with Crippen molar-refractivity contribution in [2.45, 2.75) is 100 Å². The van der Waals surface area contributed by atoms with Crippen LogP contribution in [0.1, 0.15) is 71.1 Å². The van der Waals surface area contributed by atoms with Crippen LogP contribution < -0.4 is 0 Å². The summed E-state index contributed by atoms with van der Waals surface area (Å²) in [5.74, 6) is -23.6. The van der Waals surface area contributed by atoms with Crippen LogP contribution in [-0.4, -0.2) is 67.3 Å². The zero-order valence-corrected chi connectivity index (χ0v) is 20.6. The van der Waals surface area contributed by atoms with E-state index in [2.05, 4.69) is 11.7 Å². The van der Waals surface area contributed by atoms with E-state index >= 15 is 0 Å². The summed E-state index contributed by atoms with van der Waals surface area (Å²) in [6.07, 6.45) is -3.85. The third-order valence-corrected chi connectivity index (χ3v) is 6.18. The molecule has 220 valence electrons. The fraction of sp³-hybridized carbons (Fsp3) is 0.900. The predicted molar refractivity (Wildman–Crippen MR) is 110 cm³/mol. The largest absolute Gasteiger partial charge is 0.466 e. The highest BCUT2D eigenvalue weighted by Crippen LogP contribution is 2.53. The molecule has 0 amide bonds. The number of halogens is 9. The molecule has 0 heterocycles. The Morgan fingerprint density at radius 1 is 0.757 bits per heavy atom. The van der Waals surface area contributed by atoms with Gasteiger partial charge in [-0.2, -0.15) is 47.9 Å². The van der Waals surface area contributed by atoms with E-state index in [0.717, 1.165) is 38.5 Å². The number of carbonyl (C=O) groups is 2. The molecule has 7 nitrogen and oxygen atoms in total. The average molecular weight is 584 g/mol. The fourth-order valence-electron chi connectivity index (χ4n) is 2.88. The van der Waals surface area contributed by atoms with Gasteiger partial charge < -0.3 is 9.47 Å². The van der Waals surface area contributed by atoms with Gasteiger partial charge in [0.15, 0.2) is 5.25 Å². The molecule has 0 saturated heterocycles. The van der Waals surface area contributed by atoms with E-state index in [1.165, 1.54) is 0 Å². The molecule has 0 aliphatic carbocycles. The molecule has 0 saturated carbocycles. The maximum Gasteiger partial charge on any atom is 0.460 e. The average Bonchev–Trinajstić information content (AvgIpc) is 2.74. The standard InChI is InChI=1S/C20H29F9O7S/c1-2-3-4-5-6-7-8-9-11-35-15(30)13-14(37(32,33)34)16(31)36-12-10-17(21,22)18(23,24)19(25,26)20(27,28)29/h14H,2-13H2,1H3,(H,32,33,34). The SMILES string of the molecule is CCCCCCCCCCOC(=O)CC(C(=O)OCCC(F)(F)C(F)(F)C(F)(F)C(F)(F)F)S(=O)(=O)O. The van der Waals surface area contributed by atoms with Gasteiger partial charge in [-0.1, -0.05) is 51.9 Å². The van der Waals surface area contributed by atoms with Gasteiger partial charge >= 0.3 is 35.9 Å². The Morgan fingerprint density at radius 2 is 1.24 bits per heavy atom. The first-order valence-corrected chi connectivity index (χ1v) is 12.7. The lowest BCUT2D eigenvalue weighted by Gasteiger charge is -2.33. The van der Waals surface area contributed by atoms with Crippen molar-refractivity contribution in [2.75, 3.05) is 13.2 Å². The first-order chi connectivity index (χ1) is 16.7. The topological polar surface area (TPSA) is 107 Å². The van der Waals surface area contributed by atoms with Gasteiger partial charge in [0, 0.05) is 0 Å². The van der Waals surface area contributed by atoms with Gasteiger partial charge in [-0.25, -0.2) is 0 Å². The second-order valence-electron chi connectivity index (χ2n) is 8.17. The molecular weight excluding hydrogens is 555 g/mol. The van der Waals surface area contributed by atoms with Crippen LogP contribution in [0.25, 0.3) is 0 Å². The Labute approximate surface area is 207 Å². The molecule has 0 rings (SSSR count). The Balaban J connectivity index is 4.83. The molecule has 37 heavy (non-hydrogen) atoms. The summed E-state index contributed by atoms with van der Waals surface area (Å²) in [4.78, 5) is 23.6. The van der Waals surface area contributed by atoms with Gasteiger partial charge in [-0.3, -0.25) is 14.1 Å². The van der Waals surface area contributed by atoms with E-state index < -0.39 is 70.7 Å². The normalized spacial score (nSPS) is 14.4. The molecule has 0 fully saturated rings. The summed E-state index contributed by atoms with van der Waals surface area (Å²) >= 11 is 0. The Bertz CT molecular complexity index is 831. The minimum Gasteiger partial charge on any atom is -0.466 e. The van der Waals surface area contributed by atoms with Crippen molar-refractivity contribution in [3.8, 4) is 0 Å². The van der Waals surface area contributed by atoms with E-state index in [-0.39, 0.29) is 6.61 Å². The molecule has 0 aliphatic heterocycles. The second-order valence-corrected chi connectivity index (χ2v) is 9.77. The fourth-order valence-corrected chi connectivity index (χ4v) is 3.54. The number of alkyl halides is 9. The van der Waals surface area contributed by atoms with Crippen molar-refractivity contribution in [3.63, 3.8) is 0 Å². The lowest BCUT2D eigenvalue weighted by atomic mass is 10.0. The predicted octanol–water partition coefficient (Wildman–Crippen LogP) is 5.72. The summed E-state index contributed by atoms with van der Waals surface area (Å²) in [5.41, 5.74) is 0.